The van der Waals surface area contributed by atoms with Crippen molar-refractivity contribution >= 4 is 23.5 Å². The van der Waals surface area contributed by atoms with E-state index in [9.17, 15) is 4.79 Å². The number of nitrogens with zero attached hydrogens (tertiary/aromatic N) is 1. The zero-order chi connectivity index (χ0) is 14.4. The second kappa shape index (κ2) is 6.78. The minimum absolute atomic E-state index is 0.00738. The van der Waals surface area contributed by atoms with Crippen molar-refractivity contribution in [2.75, 3.05) is 17.7 Å². The van der Waals surface area contributed by atoms with Gasteiger partial charge in [-0.3, -0.25) is 4.79 Å². The molecule has 0 aliphatic carbocycles. The molecule has 0 spiro atoms. The lowest BCUT2D eigenvalue weighted by Crippen LogP contribution is -2.34. The second-order valence-corrected chi connectivity index (χ2v) is 6.42. The van der Waals surface area contributed by atoms with Gasteiger partial charge in [0.05, 0.1) is 11.4 Å². The molecule has 106 valence electrons. The Morgan fingerprint density at radius 1 is 1.60 bits per heavy atom. The van der Waals surface area contributed by atoms with Crippen LogP contribution in [0.15, 0.2) is 18.2 Å². The van der Waals surface area contributed by atoms with Gasteiger partial charge in [0.25, 0.3) is 0 Å². The first-order chi connectivity index (χ1) is 9.64. The summed E-state index contributed by atoms with van der Waals surface area (Å²) in [5, 5.41) is 11.6. The molecule has 0 saturated carbocycles. The van der Waals surface area contributed by atoms with Crippen LogP contribution in [0.1, 0.15) is 31.9 Å². The maximum absolute atomic E-state index is 12.3. The number of hydrogen-bond acceptors (Lipinski definition) is 4. The molecule has 2 rings (SSSR count). The van der Waals surface area contributed by atoms with Crippen LogP contribution < -0.4 is 5.32 Å². The third-order valence-electron chi connectivity index (χ3n) is 3.14. The van der Waals surface area contributed by atoms with Gasteiger partial charge in [-0.25, -0.2) is 4.98 Å². The van der Waals surface area contributed by atoms with E-state index in [0.29, 0.717) is 17.9 Å². The van der Waals surface area contributed by atoms with Crippen molar-refractivity contribution in [1.82, 2.24) is 4.98 Å². The number of aromatic nitrogens is 1. The summed E-state index contributed by atoms with van der Waals surface area (Å²) >= 11 is 1.70. The number of carbonyl (C=O) groups is 1. The lowest BCUT2D eigenvalue weighted by molar-refractivity contribution is -0.118. The summed E-state index contributed by atoms with van der Waals surface area (Å²) in [5.41, 5.74) is 0.598. The van der Waals surface area contributed by atoms with Crippen molar-refractivity contribution in [3.05, 3.63) is 23.9 Å². The fraction of sp³-hybridized carbons (Fsp3) is 0.467. The highest BCUT2D eigenvalue weighted by Crippen LogP contribution is 2.38. The van der Waals surface area contributed by atoms with Crippen LogP contribution in [0.4, 0.5) is 5.82 Å². The van der Waals surface area contributed by atoms with Crippen molar-refractivity contribution in [2.24, 2.45) is 0 Å². The lowest BCUT2D eigenvalue weighted by Gasteiger charge is -2.21. The van der Waals surface area contributed by atoms with Crippen LogP contribution in [-0.4, -0.2) is 33.1 Å². The highest BCUT2D eigenvalue weighted by Gasteiger charge is 2.37. The van der Waals surface area contributed by atoms with Gasteiger partial charge in [0, 0.05) is 6.42 Å². The van der Waals surface area contributed by atoms with Crippen LogP contribution in [0.5, 0.6) is 0 Å². The van der Waals surface area contributed by atoms with E-state index in [-0.39, 0.29) is 17.3 Å². The molecule has 0 aromatic carbocycles. The van der Waals surface area contributed by atoms with E-state index in [1.165, 1.54) is 0 Å². The van der Waals surface area contributed by atoms with Crippen molar-refractivity contribution in [1.29, 1.82) is 0 Å². The summed E-state index contributed by atoms with van der Waals surface area (Å²) in [6.45, 7) is 2.02. The molecular weight excluding hydrogens is 272 g/mol. The van der Waals surface area contributed by atoms with Crippen LogP contribution in [-0.2, 0) is 4.79 Å². The predicted octanol–water partition coefficient (Wildman–Crippen LogP) is 2.04. The maximum atomic E-state index is 12.3. The van der Waals surface area contributed by atoms with Gasteiger partial charge < -0.3 is 10.4 Å². The summed E-state index contributed by atoms with van der Waals surface area (Å²) in [5.74, 6) is 7.24. The van der Waals surface area contributed by atoms with Gasteiger partial charge in [-0.15, -0.1) is 11.8 Å². The van der Waals surface area contributed by atoms with Crippen molar-refractivity contribution in [3.8, 4) is 11.8 Å². The number of aliphatic hydroxyl groups excluding tert-OH is 1. The highest BCUT2D eigenvalue weighted by atomic mass is 32.2. The molecule has 1 saturated heterocycles. The normalized spacial score (nSPS) is 21.1. The van der Waals surface area contributed by atoms with Crippen molar-refractivity contribution in [3.63, 3.8) is 0 Å². The zero-order valence-corrected chi connectivity index (χ0v) is 12.3. The fourth-order valence-corrected chi connectivity index (χ4v) is 3.20. The third kappa shape index (κ3) is 3.75. The molecule has 20 heavy (non-hydrogen) atoms. The van der Waals surface area contributed by atoms with E-state index in [1.54, 1.807) is 23.9 Å². The van der Waals surface area contributed by atoms with E-state index in [0.717, 1.165) is 18.6 Å². The van der Waals surface area contributed by atoms with Crippen LogP contribution >= 0.6 is 11.8 Å². The van der Waals surface area contributed by atoms with Gasteiger partial charge in [0.15, 0.2) is 0 Å². The summed E-state index contributed by atoms with van der Waals surface area (Å²) < 4.78 is -0.347. The van der Waals surface area contributed by atoms with Crippen LogP contribution in [0, 0.1) is 11.8 Å². The topological polar surface area (TPSA) is 62.2 Å². The van der Waals surface area contributed by atoms with E-state index in [2.05, 4.69) is 22.1 Å². The summed E-state index contributed by atoms with van der Waals surface area (Å²) in [6.07, 6.45) is 2.40. The molecule has 1 atom stereocenters. The number of rotatable bonds is 3. The van der Waals surface area contributed by atoms with Crippen LogP contribution in [0.2, 0.25) is 0 Å². The lowest BCUT2D eigenvalue weighted by atomic mass is 10.1. The van der Waals surface area contributed by atoms with Crippen molar-refractivity contribution < 1.29 is 9.90 Å². The molecule has 5 heteroatoms. The Morgan fingerprint density at radius 2 is 2.45 bits per heavy atom. The van der Waals surface area contributed by atoms with Crippen LogP contribution in [0.25, 0.3) is 0 Å². The van der Waals surface area contributed by atoms with E-state index >= 15 is 0 Å². The monoisotopic (exact) mass is 290 g/mol. The van der Waals surface area contributed by atoms with E-state index < -0.39 is 0 Å². The smallest absolute Gasteiger partial charge is 0.241 e. The average Bonchev–Trinajstić information content (AvgIpc) is 2.88. The maximum Gasteiger partial charge on any atom is 0.241 e. The van der Waals surface area contributed by atoms with E-state index in [1.807, 2.05) is 13.0 Å². The molecule has 0 bridgehead atoms. The Hall–Kier alpha value is -1.51. The van der Waals surface area contributed by atoms with Gasteiger partial charge in [-0.2, -0.15) is 0 Å². The molecule has 1 fully saturated rings. The Morgan fingerprint density at radius 3 is 3.15 bits per heavy atom. The third-order valence-corrected chi connectivity index (χ3v) is 4.66. The highest BCUT2D eigenvalue weighted by molar-refractivity contribution is 8.01. The molecule has 1 unspecified atom stereocenters. The van der Waals surface area contributed by atoms with Gasteiger partial charge in [0.2, 0.25) is 5.91 Å². The zero-order valence-electron chi connectivity index (χ0n) is 11.5. The molecule has 1 aromatic rings. The number of carbonyl (C=O) groups excluding carboxylic acids is 1. The second-order valence-electron chi connectivity index (χ2n) is 4.82. The quantitative estimate of drug-likeness (QED) is 0.836. The van der Waals surface area contributed by atoms with Gasteiger partial charge in [-0.1, -0.05) is 12.0 Å². The summed E-state index contributed by atoms with van der Waals surface area (Å²) in [6, 6.07) is 5.36. The molecular formula is C15H18N2O2S. The Kier molecular flexibility index (Phi) is 5.05. The molecule has 4 nitrogen and oxygen atoms in total. The first-order valence-electron chi connectivity index (χ1n) is 6.66. The number of nitrogens with one attached hydrogen (secondary N) is 1. The summed E-state index contributed by atoms with van der Waals surface area (Å²) in [4.78, 5) is 16.6. The number of hydrogen-bond donors (Lipinski definition) is 2. The number of aliphatic hydroxyl groups is 1. The molecule has 1 aliphatic heterocycles. The summed E-state index contributed by atoms with van der Waals surface area (Å²) in [7, 11) is 0. The fourth-order valence-electron chi connectivity index (χ4n) is 1.99. The predicted molar refractivity (Wildman–Crippen MR) is 81.5 cm³/mol. The minimum Gasteiger partial charge on any atom is -0.395 e. The average molecular weight is 290 g/mol. The largest absolute Gasteiger partial charge is 0.395 e. The molecule has 0 radical (unpaired) electrons. The molecule has 2 heterocycles. The first kappa shape index (κ1) is 14.9. The van der Waals surface area contributed by atoms with Gasteiger partial charge in [0.1, 0.15) is 11.5 Å². The molecule has 2 N–H and O–H groups in total. The van der Waals surface area contributed by atoms with Crippen LogP contribution in [0.3, 0.4) is 0 Å². The van der Waals surface area contributed by atoms with Gasteiger partial charge in [-0.05, 0) is 43.6 Å². The first-order valence-corrected chi connectivity index (χ1v) is 7.65. The Bertz CT molecular complexity index is 542. The number of thioether (sulfide) groups is 1. The minimum atomic E-state index is -0.347. The SMILES string of the molecule is CC1(C(=O)Nc2cccc(C#CCCO)n2)CCCS1. The number of amides is 1. The molecule has 1 aliphatic rings. The Balaban J connectivity index is 2.05. The van der Waals surface area contributed by atoms with E-state index in [4.69, 9.17) is 5.11 Å². The number of anilines is 1. The standard InChI is InChI=1S/C15H18N2O2S/c1-15(9-5-11-20-15)14(19)17-13-8-4-7-12(16-13)6-2-3-10-18/h4,7-8,18H,3,5,9-11H2,1H3,(H,16,17,19). The number of pyridine rings is 1. The Labute approximate surface area is 123 Å². The molecule has 1 aromatic heterocycles. The molecule has 1 amide bonds. The van der Waals surface area contributed by atoms with Gasteiger partial charge >= 0.3 is 0 Å². The van der Waals surface area contributed by atoms with Crippen molar-refractivity contribution in [2.45, 2.75) is 30.9 Å².